The Hall–Kier alpha value is -4.72. The number of halogens is 1. The number of rotatable bonds is 6. The maximum absolute atomic E-state index is 13.9. The summed E-state index contributed by atoms with van der Waals surface area (Å²) in [6, 6.07) is 16.4. The fraction of sp³-hybridized carbons (Fsp3) is 0.167. The number of aromatic nitrogens is 5. The molecule has 0 bridgehead atoms. The molecular formula is C30H24ClN7O2S. The Morgan fingerprint density at radius 2 is 1.85 bits per heavy atom. The summed E-state index contributed by atoms with van der Waals surface area (Å²) in [5, 5.41) is 7.64. The first-order valence-corrected chi connectivity index (χ1v) is 14.1. The fourth-order valence-electron chi connectivity index (χ4n) is 4.99. The molecule has 0 fully saturated rings. The lowest BCUT2D eigenvalue weighted by Gasteiger charge is -2.18. The van der Waals surface area contributed by atoms with Crippen molar-refractivity contribution in [1.29, 1.82) is 0 Å². The molecule has 41 heavy (non-hydrogen) atoms. The van der Waals surface area contributed by atoms with Crippen LogP contribution in [0.2, 0.25) is 5.15 Å². The summed E-state index contributed by atoms with van der Waals surface area (Å²) in [7, 11) is 0. The van der Waals surface area contributed by atoms with Crippen molar-refractivity contribution < 1.29 is 4.74 Å². The van der Waals surface area contributed by atoms with Gasteiger partial charge in [-0.15, -0.1) is 11.3 Å². The van der Waals surface area contributed by atoms with Crippen molar-refractivity contribution in [3.05, 3.63) is 98.8 Å². The van der Waals surface area contributed by atoms with Gasteiger partial charge in [0.25, 0.3) is 5.56 Å². The van der Waals surface area contributed by atoms with Crippen molar-refractivity contribution in [2.75, 3.05) is 5.73 Å². The van der Waals surface area contributed by atoms with Gasteiger partial charge in [-0.25, -0.2) is 19.5 Å². The smallest absolute Gasteiger partial charge is 0.265 e. The topological polar surface area (TPSA) is 105 Å². The molecule has 4 aromatic heterocycles. The summed E-state index contributed by atoms with van der Waals surface area (Å²) < 4.78 is 9.09. The van der Waals surface area contributed by atoms with Crippen molar-refractivity contribution in [3.63, 3.8) is 0 Å². The number of fused-ring (bicyclic) bond motifs is 2. The SMILES string of the molecule is [C-]#[N+]c1cc(-c2nn([C@@H](C)c3cc4scc(Cl)n4c(=O)c3-c3ccccc3)c3ncnc(N)c23)ccc1OC(C)C. The number of nitrogens with zero attached hydrogens (tertiary/aromatic N) is 6. The average Bonchev–Trinajstić information content (AvgIpc) is 3.54. The molecule has 0 spiro atoms. The summed E-state index contributed by atoms with van der Waals surface area (Å²) in [4.78, 5) is 27.0. The van der Waals surface area contributed by atoms with Crippen LogP contribution >= 0.6 is 22.9 Å². The van der Waals surface area contributed by atoms with Gasteiger partial charge >= 0.3 is 0 Å². The van der Waals surface area contributed by atoms with Crippen LogP contribution in [0.5, 0.6) is 5.75 Å². The van der Waals surface area contributed by atoms with Crippen LogP contribution < -0.4 is 16.0 Å². The molecule has 204 valence electrons. The monoisotopic (exact) mass is 581 g/mol. The van der Waals surface area contributed by atoms with E-state index in [1.165, 1.54) is 22.1 Å². The highest BCUT2D eigenvalue weighted by Crippen LogP contribution is 2.39. The molecule has 0 aliphatic heterocycles. The minimum atomic E-state index is -0.432. The predicted octanol–water partition coefficient (Wildman–Crippen LogP) is 7.02. The Balaban J connectivity index is 1.59. The highest BCUT2D eigenvalue weighted by atomic mass is 35.5. The molecule has 6 aromatic rings. The molecule has 0 saturated heterocycles. The van der Waals surface area contributed by atoms with E-state index in [9.17, 15) is 4.79 Å². The van der Waals surface area contributed by atoms with Gasteiger partial charge in [-0.2, -0.15) is 5.10 Å². The number of ether oxygens (including phenoxy) is 1. The molecule has 1 atom stereocenters. The van der Waals surface area contributed by atoms with Crippen LogP contribution in [0.15, 0.2) is 71.1 Å². The van der Waals surface area contributed by atoms with Crippen LogP contribution in [0, 0.1) is 6.57 Å². The minimum Gasteiger partial charge on any atom is -0.502 e. The highest BCUT2D eigenvalue weighted by Gasteiger charge is 2.26. The molecule has 0 aliphatic rings. The Labute approximate surface area is 244 Å². The number of nitrogens with two attached hydrogens (primary N) is 1. The van der Waals surface area contributed by atoms with Crippen LogP contribution in [-0.4, -0.2) is 30.3 Å². The molecule has 11 heteroatoms. The minimum absolute atomic E-state index is 0.0790. The third-order valence-electron chi connectivity index (χ3n) is 6.81. The lowest BCUT2D eigenvalue weighted by molar-refractivity contribution is 0.244. The number of nitrogen functional groups attached to an aromatic ring is 1. The molecule has 0 amide bonds. The van der Waals surface area contributed by atoms with Gasteiger partial charge in [0.1, 0.15) is 33.6 Å². The first-order valence-electron chi connectivity index (χ1n) is 12.8. The summed E-state index contributed by atoms with van der Waals surface area (Å²) in [6.45, 7) is 13.5. The van der Waals surface area contributed by atoms with E-state index in [1.54, 1.807) is 22.2 Å². The number of hydrogen-bond donors (Lipinski definition) is 1. The van der Waals surface area contributed by atoms with Crippen LogP contribution in [-0.2, 0) is 0 Å². The van der Waals surface area contributed by atoms with E-state index in [2.05, 4.69) is 14.8 Å². The van der Waals surface area contributed by atoms with Crippen molar-refractivity contribution in [1.82, 2.24) is 24.1 Å². The number of pyridine rings is 1. The fourth-order valence-corrected chi connectivity index (χ4v) is 6.14. The lowest BCUT2D eigenvalue weighted by atomic mass is 9.97. The summed E-state index contributed by atoms with van der Waals surface area (Å²) in [5.41, 5.74) is 10.3. The van der Waals surface area contributed by atoms with Crippen molar-refractivity contribution >= 4 is 50.3 Å². The maximum Gasteiger partial charge on any atom is 0.265 e. The lowest BCUT2D eigenvalue weighted by Crippen LogP contribution is -2.20. The van der Waals surface area contributed by atoms with Gasteiger partial charge in [0.15, 0.2) is 5.65 Å². The second-order valence-electron chi connectivity index (χ2n) is 9.77. The maximum atomic E-state index is 13.9. The standard InChI is InChI=1S/C30H24ClN7O2S/c1-16(2)40-22-11-10-19(12-21(22)33-4)27-26-28(32)34-15-35-29(26)38(36-27)17(3)20-13-24-37(23(31)14-41-24)30(39)25(20)18-8-6-5-7-9-18/h5-17H,1-3H3,(H2,32,34,35)/t17-/m0/s1. The van der Waals surface area contributed by atoms with E-state index in [0.717, 1.165) is 16.0 Å². The molecule has 0 saturated carbocycles. The van der Waals surface area contributed by atoms with E-state index in [-0.39, 0.29) is 17.5 Å². The predicted molar refractivity (Wildman–Crippen MR) is 163 cm³/mol. The quantitative estimate of drug-likeness (QED) is 0.212. The molecule has 0 unspecified atom stereocenters. The van der Waals surface area contributed by atoms with Gasteiger partial charge in [-0.05, 0) is 55.7 Å². The number of hydrogen-bond acceptors (Lipinski definition) is 7. The second kappa shape index (κ2) is 10.4. The van der Waals surface area contributed by atoms with Crippen LogP contribution in [0.4, 0.5) is 11.5 Å². The molecule has 6 rings (SSSR count). The average molecular weight is 582 g/mol. The van der Waals surface area contributed by atoms with E-state index in [1.807, 2.05) is 63.2 Å². The normalized spacial score (nSPS) is 12.2. The Morgan fingerprint density at radius 1 is 1.07 bits per heavy atom. The van der Waals surface area contributed by atoms with E-state index < -0.39 is 6.04 Å². The molecule has 0 aliphatic carbocycles. The van der Waals surface area contributed by atoms with E-state index in [4.69, 9.17) is 33.7 Å². The second-order valence-corrected chi connectivity index (χ2v) is 11.0. The van der Waals surface area contributed by atoms with Crippen LogP contribution in [0.25, 0.3) is 43.1 Å². The van der Waals surface area contributed by atoms with E-state index in [0.29, 0.717) is 44.4 Å². The van der Waals surface area contributed by atoms with Crippen molar-refractivity contribution in [2.45, 2.75) is 32.9 Å². The Bertz CT molecular complexity index is 2040. The zero-order valence-corrected chi connectivity index (χ0v) is 23.9. The number of thiazole rings is 1. The van der Waals surface area contributed by atoms with Crippen LogP contribution in [0.3, 0.4) is 0 Å². The first-order chi connectivity index (χ1) is 19.8. The first kappa shape index (κ1) is 26.5. The molecule has 9 nitrogen and oxygen atoms in total. The number of anilines is 1. The Morgan fingerprint density at radius 3 is 2.59 bits per heavy atom. The van der Waals surface area contributed by atoms with Gasteiger partial charge in [-0.1, -0.05) is 48.0 Å². The third kappa shape index (κ3) is 4.49. The van der Waals surface area contributed by atoms with Crippen LogP contribution in [0.1, 0.15) is 32.4 Å². The van der Waals surface area contributed by atoms with Crippen molar-refractivity contribution in [3.8, 4) is 28.1 Å². The van der Waals surface area contributed by atoms with Gasteiger partial charge in [0.05, 0.1) is 29.7 Å². The largest absolute Gasteiger partial charge is 0.502 e. The molecule has 2 aromatic carbocycles. The Kier molecular flexibility index (Phi) is 6.69. The number of benzene rings is 2. The molecule has 0 radical (unpaired) electrons. The van der Waals surface area contributed by atoms with Gasteiger partial charge in [0.2, 0.25) is 5.69 Å². The summed E-state index contributed by atoms with van der Waals surface area (Å²) >= 11 is 7.80. The third-order valence-corrected chi connectivity index (χ3v) is 8.10. The zero-order chi connectivity index (χ0) is 28.8. The van der Waals surface area contributed by atoms with Gasteiger partial charge in [-0.3, -0.25) is 9.20 Å². The van der Waals surface area contributed by atoms with Gasteiger partial charge in [0, 0.05) is 5.38 Å². The molecule has 4 heterocycles. The highest BCUT2D eigenvalue weighted by molar-refractivity contribution is 7.16. The van der Waals surface area contributed by atoms with Crippen molar-refractivity contribution in [2.24, 2.45) is 0 Å². The molecule has 2 N–H and O–H groups in total. The zero-order valence-electron chi connectivity index (χ0n) is 22.4. The van der Waals surface area contributed by atoms with E-state index >= 15 is 0 Å². The van der Waals surface area contributed by atoms with Gasteiger partial charge < -0.3 is 10.5 Å². The summed E-state index contributed by atoms with van der Waals surface area (Å²) in [6.07, 6.45) is 1.32. The summed E-state index contributed by atoms with van der Waals surface area (Å²) in [5.74, 6) is 0.759. The molecular weight excluding hydrogens is 558 g/mol.